The van der Waals surface area contributed by atoms with Gasteiger partial charge in [-0.15, -0.1) is 0 Å². The molecule has 4 nitrogen and oxygen atoms in total. The summed E-state index contributed by atoms with van der Waals surface area (Å²) in [4.78, 5) is 5.77. The first-order valence-corrected chi connectivity index (χ1v) is 7.94. The number of allylic oxidation sites excluding steroid dienone is 4. The standard InChI is InChI=1S/C15H20N4S/c1-16-19-8-7-12(11-19)9-17-15-18-10-14(20-15)13-5-3-2-4-6-13/h2-3,5,10,12H,1,4,6-9,11H2,(H,17,18). The van der Waals surface area contributed by atoms with Gasteiger partial charge in [-0.1, -0.05) is 29.6 Å². The molecule has 1 aromatic heterocycles. The van der Waals surface area contributed by atoms with E-state index in [4.69, 9.17) is 0 Å². The van der Waals surface area contributed by atoms with Crippen molar-refractivity contribution in [3.63, 3.8) is 0 Å². The van der Waals surface area contributed by atoms with Crippen molar-refractivity contribution in [2.45, 2.75) is 19.3 Å². The number of rotatable bonds is 5. The molecule has 1 aromatic rings. The average molecular weight is 288 g/mol. The maximum absolute atomic E-state index is 4.48. The van der Waals surface area contributed by atoms with Gasteiger partial charge in [-0.05, 0) is 30.8 Å². The quantitative estimate of drug-likeness (QED) is 0.846. The Kier molecular flexibility index (Phi) is 4.16. The third-order valence-corrected chi connectivity index (χ3v) is 4.87. The molecule has 2 heterocycles. The summed E-state index contributed by atoms with van der Waals surface area (Å²) in [5.41, 5.74) is 1.40. The molecule has 1 N–H and O–H groups in total. The molecule has 20 heavy (non-hydrogen) atoms. The fraction of sp³-hybridized carbons (Fsp3) is 0.467. The van der Waals surface area contributed by atoms with Crippen LogP contribution in [0.5, 0.6) is 0 Å². The van der Waals surface area contributed by atoms with E-state index in [1.54, 1.807) is 11.3 Å². The minimum absolute atomic E-state index is 0.643. The van der Waals surface area contributed by atoms with Gasteiger partial charge in [0.1, 0.15) is 0 Å². The molecule has 3 rings (SSSR count). The lowest BCUT2D eigenvalue weighted by molar-refractivity contribution is 0.349. The molecule has 106 valence electrons. The molecule has 1 atom stereocenters. The Bertz CT molecular complexity index is 532. The van der Waals surface area contributed by atoms with Gasteiger partial charge in [0.05, 0.1) is 4.88 Å². The number of hydrazone groups is 1. The SMILES string of the molecule is C=NN1CCC(CNc2ncc(C3=CC=CCC3)s2)C1. The van der Waals surface area contributed by atoms with Crippen LogP contribution in [0.15, 0.2) is 29.5 Å². The van der Waals surface area contributed by atoms with Gasteiger partial charge in [0.25, 0.3) is 0 Å². The van der Waals surface area contributed by atoms with Crippen LogP contribution in [-0.4, -0.2) is 36.3 Å². The minimum atomic E-state index is 0.643. The molecule has 1 aliphatic carbocycles. The summed E-state index contributed by atoms with van der Waals surface area (Å²) in [6.07, 6.45) is 12.0. The average Bonchev–Trinajstić information content (AvgIpc) is 3.15. The van der Waals surface area contributed by atoms with Crippen LogP contribution in [-0.2, 0) is 0 Å². The lowest BCUT2D eigenvalue weighted by Crippen LogP contribution is -2.18. The first-order valence-electron chi connectivity index (χ1n) is 7.12. The number of nitrogens with zero attached hydrogens (tertiary/aromatic N) is 3. The first-order chi connectivity index (χ1) is 9.85. The van der Waals surface area contributed by atoms with Gasteiger partial charge in [-0.2, -0.15) is 5.10 Å². The van der Waals surface area contributed by atoms with Gasteiger partial charge < -0.3 is 5.32 Å². The van der Waals surface area contributed by atoms with Gasteiger partial charge >= 0.3 is 0 Å². The van der Waals surface area contributed by atoms with Crippen molar-refractivity contribution in [2.75, 3.05) is 25.0 Å². The highest BCUT2D eigenvalue weighted by Crippen LogP contribution is 2.30. The first kappa shape index (κ1) is 13.4. The maximum atomic E-state index is 4.48. The van der Waals surface area contributed by atoms with Gasteiger partial charge in [-0.25, -0.2) is 4.98 Å². The van der Waals surface area contributed by atoms with Crippen LogP contribution < -0.4 is 5.32 Å². The van der Waals surface area contributed by atoms with E-state index >= 15 is 0 Å². The molecule has 0 saturated carbocycles. The normalized spacial score (nSPS) is 21.9. The van der Waals surface area contributed by atoms with E-state index in [1.807, 2.05) is 11.2 Å². The van der Waals surface area contributed by atoms with Crippen LogP contribution in [0.25, 0.3) is 5.57 Å². The van der Waals surface area contributed by atoms with Gasteiger partial charge in [0.2, 0.25) is 0 Å². The van der Waals surface area contributed by atoms with Crippen LogP contribution in [0.1, 0.15) is 24.1 Å². The van der Waals surface area contributed by atoms with E-state index in [2.05, 4.69) is 40.3 Å². The van der Waals surface area contributed by atoms with Crippen molar-refractivity contribution in [1.29, 1.82) is 0 Å². The maximum Gasteiger partial charge on any atom is 0.183 e. The van der Waals surface area contributed by atoms with Gasteiger partial charge in [0.15, 0.2) is 5.13 Å². The Balaban J connectivity index is 1.54. The zero-order valence-corrected chi connectivity index (χ0v) is 12.4. The molecule has 1 unspecified atom stereocenters. The number of hydrogen-bond acceptors (Lipinski definition) is 5. The van der Waals surface area contributed by atoms with Crippen molar-refractivity contribution >= 4 is 28.8 Å². The third kappa shape index (κ3) is 3.10. The van der Waals surface area contributed by atoms with E-state index < -0.39 is 0 Å². The Morgan fingerprint density at radius 1 is 1.55 bits per heavy atom. The summed E-state index contributed by atoms with van der Waals surface area (Å²) in [6, 6.07) is 0. The number of thiazole rings is 1. The molecule has 0 bridgehead atoms. The molecule has 0 spiro atoms. The summed E-state index contributed by atoms with van der Waals surface area (Å²) >= 11 is 1.76. The molecule has 0 amide bonds. The van der Waals surface area contributed by atoms with Crippen LogP contribution in [0, 0.1) is 5.92 Å². The summed E-state index contributed by atoms with van der Waals surface area (Å²) in [5, 5.41) is 10.5. The van der Waals surface area contributed by atoms with Crippen molar-refractivity contribution in [3.8, 4) is 0 Å². The summed E-state index contributed by atoms with van der Waals surface area (Å²) in [5.74, 6) is 0.643. The fourth-order valence-electron chi connectivity index (χ4n) is 2.65. The predicted octanol–water partition coefficient (Wildman–Crippen LogP) is 3.23. The lowest BCUT2D eigenvalue weighted by atomic mass is 10.0. The molecule has 5 heteroatoms. The number of hydrogen-bond donors (Lipinski definition) is 1. The van der Waals surface area contributed by atoms with E-state index in [1.165, 1.54) is 16.9 Å². The van der Waals surface area contributed by atoms with E-state index in [0.717, 1.165) is 37.6 Å². The molecule has 2 aliphatic rings. The fourth-order valence-corrected chi connectivity index (χ4v) is 3.53. The molecule has 1 saturated heterocycles. The molecular weight excluding hydrogens is 268 g/mol. The zero-order chi connectivity index (χ0) is 13.8. The molecule has 1 aliphatic heterocycles. The third-order valence-electron chi connectivity index (χ3n) is 3.84. The Labute approximate surface area is 123 Å². The topological polar surface area (TPSA) is 40.5 Å². The van der Waals surface area contributed by atoms with Crippen molar-refractivity contribution in [1.82, 2.24) is 9.99 Å². The Hall–Kier alpha value is -1.62. The monoisotopic (exact) mass is 288 g/mol. The van der Waals surface area contributed by atoms with Crippen LogP contribution in [0.2, 0.25) is 0 Å². The second-order valence-corrected chi connectivity index (χ2v) is 6.31. The zero-order valence-electron chi connectivity index (χ0n) is 11.6. The van der Waals surface area contributed by atoms with Crippen molar-refractivity contribution in [3.05, 3.63) is 29.3 Å². The van der Waals surface area contributed by atoms with Gasteiger partial charge in [-0.3, -0.25) is 5.01 Å². The Morgan fingerprint density at radius 3 is 3.25 bits per heavy atom. The number of aromatic nitrogens is 1. The van der Waals surface area contributed by atoms with Crippen molar-refractivity contribution < 1.29 is 0 Å². The predicted molar refractivity (Wildman–Crippen MR) is 86.2 cm³/mol. The minimum Gasteiger partial charge on any atom is -0.361 e. The Morgan fingerprint density at radius 2 is 2.50 bits per heavy atom. The molecule has 1 fully saturated rings. The van der Waals surface area contributed by atoms with Crippen LogP contribution >= 0.6 is 11.3 Å². The summed E-state index contributed by atoms with van der Waals surface area (Å²) < 4.78 is 0. The second kappa shape index (κ2) is 6.22. The highest BCUT2D eigenvalue weighted by Gasteiger charge is 2.20. The van der Waals surface area contributed by atoms with E-state index in [-0.39, 0.29) is 0 Å². The van der Waals surface area contributed by atoms with Crippen LogP contribution in [0.4, 0.5) is 5.13 Å². The van der Waals surface area contributed by atoms with Crippen molar-refractivity contribution in [2.24, 2.45) is 11.0 Å². The summed E-state index contributed by atoms with van der Waals surface area (Å²) in [7, 11) is 0. The highest BCUT2D eigenvalue weighted by atomic mass is 32.1. The van der Waals surface area contributed by atoms with Crippen LogP contribution in [0.3, 0.4) is 0 Å². The molecular formula is C15H20N4S. The number of anilines is 1. The lowest BCUT2D eigenvalue weighted by Gasteiger charge is -2.11. The molecule has 0 radical (unpaired) electrons. The molecule has 0 aromatic carbocycles. The number of nitrogens with one attached hydrogen (secondary N) is 1. The van der Waals surface area contributed by atoms with E-state index in [0.29, 0.717) is 5.92 Å². The van der Waals surface area contributed by atoms with E-state index in [9.17, 15) is 0 Å². The smallest absolute Gasteiger partial charge is 0.183 e. The van der Waals surface area contributed by atoms with Gasteiger partial charge in [0, 0.05) is 32.5 Å². The summed E-state index contributed by atoms with van der Waals surface area (Å²) in [6.45, 7) is 6.58. The highest BCUT2D eigenvalue weighted by molar-refractivity contribution is 7.16. The largest absolute Gasteiger partial charge is 0.361 e. The second-order valence-electron chi connectivity index (χ2n) is 5.28.